The van der Waals surface area contributed by atoms with Gasteiger partial charge in [-0.05, 0) is 12.3 Å². The molecule has 2 rings (SSSR count). The molecule has 1 aromatic heterocycles. The molecule has 88 valence electrons. The molecular weight excluding hydrogens is 204 g/mol. The van der Waals surface area contributed by atoms with Gasteiger partial charge in [-0.1, -0.05) is 13.8 Å². The Labute approximate surface area is 95.6 Å². The van der Waals surface area contributed by atoms with Crippen molar-refractivity contribution in [2.24, 2.45) is 5.92 Å². The van der Waals surface area contributed by atoms with Gasteiger partial charge in [-0.2, -0.15) is 0 Å². The molecule has 0 bridgehead atoms. The SMILES string of the molecule is CC(=O)N1C[C@@H](CC(C)C)Nc2ccoc21. The van der Waals surface area contributed by atoms with Crippen molar-refractivity contribution in [2.45, 2.75) is 33.2 Å². The van der Waals surface area contributed by atoms with E-state index < -0.39 is 0 Å². The third-order valence-corrected chi connectivity index (χ3v) is 2.79. The summed E-state index contributed by atoms with van der Waals surface area (Å²) in [5, 5.41) is 3.41. The standard InChI is InChI=1S/C12H18N2O2/c1-8(2)6-10-7-14(9(3)15)12-11(13-10)4-5-16-12/h4-5,8,10,13H,6-7H2,1-3H3/t10-/m1/s1. The van der Waals surface area contributed by atoms with Crippen molar-refractivity contribution in [3.8, 4) is 0 Å². The van der Waals surface area contributed by atoms with Crippen LogP contribution >= 0.6 is 0 Å². The maximum Gasteiger partial charge on any atom is 0.226 e. The summed E-state index contributed by atoms with van der Waals surface area (Å²) in [5.74, 6) is 1.29. The van der Waals surface area contributed by atoms with Gasteiger partial charge in [0.1, 0.15) is 0 Å². The van der Waals surface area contributed by atoms with E-state index in [1.807, 2.05) is 6.07 Å². The first-order chi connectivity index (χ1) is 7.58. The molecule has 16 heavy (non-hydrogen) atoms. The zero-order chi connectivity index (χ0) is 11.7. The lowest BCUT2D eigenvalue weighted by Gasteiger charge is -2.32. The first-order valence-electron chi connectivity index (χ1n) is 5.70. The molecule has 1 aliphatic heterocycles. The second-order valence-corrected chi connectivity index (χ2v) is 4.74. The molecule has 0 saturated heterocycles. The van der Waals surface area contributed by atoms with Crippen LogP contribution in [-0.4, -0.2) is 18.5 Å². The normalized spacial score (nSPS) is 19.5. The number of hydrogen-bond acceptors (Lipinski definition) is 3. The van der Waals surface area contributed by atoms with Gasteiger partial charge < -0.3 is 9.73 Å². The molecule has 0 saturated carbocycles. The number of hydrogen-bond donors (Lipinski definition) is 1. The number of rotatable bonds is 2. The molecule has 0 unspecified atom stereocenters. The lowest BCUT2D eigenvalue weighted by atomic mass is 10.0. The number of nitrogens with zero attached hydrogens (tertiary/aromatic N) is 1. The van der Waals surface area contributed by atoms with Gasteiger partial charge in [0.15, 0.2) is 0 Å². The van der Waals surface area contributed by atoms with E-state index in [-0.39, 0.29) is 5.91 Å². The second kappa shape index (κ2) is 4.20. The zero-order valence-electron chi connectivity index (χ0n) is 9.99. The lowest BCUT2D eigenvalue weighted by Crippen LogP contribution is -2.43. The molecule has 4 nitrogen and oxygen atoms in total. The number of carbonyl (C=O) groups is 1. The Balaban J connectivity index is 2.20. The fourth-order valence-electron chi connectivity index (χ4n) is 2.16. The first kappa shape index (κ1) is 11.0. The molecule has 0 aliphatic carbocycles. The topological polar surface area (TPSA) is 45.5 Å². The number of fused-ring (bicyclic) bond motifs is 1. The van der Waals surface area contributed by atoms with E-state index >= 15 is 0 Å². The Kier molecular flexibility index (Phi) is 2.90. The molecule has 4 heteroatoms. The van der Waals surface area contributed by atoms with Crippen molar-refractivity contribution in [2.75, 3.05) is 16.8 Å². The summed E-state index contributed by atoms with van der Waals surface area (Å²) in [6, 6.07) is 2.19. The molecular formula is C12H18N2O2. The van der Waals surface area contributed by atoms with Crippen molar-refractivity contribution in [1.82, 2.24) is 0 Å². The summed E-state index contributed by atoms with van der Waals surface area (Å²) in [5.41, 5.74) is 0.923. The van der Waals surface area contributed by atoms with E-state index in [9.17, 15) is 4.79 Å². The highest BCUT2D eigenvalue weighted by molar-refractivity contribution is 5.94. The molecule has 1 amide bonds. The first-order valence-corrected chi connectivity index (χ1v) is 5.70. The molecule has 1 aliphatic rings. The van der Waals surface area contributed by atoms with Crippen LogP contribution in [0, 0.1) is 5.92 Å². The number of amides is 1. The Bertz CT molecular complexity index is 384. The molecule has 0 spiro atoms. The summed E-state index contributed by atoms with van der Waals surface area (Å²) in [7, 11) is 0. The summed E-state index contributed by atoms with van der Waals surface area (Å²) >= 11 is 0. The molecule has 1 aromatic rings. The number of anilines is 2. The summed E-state index contributed by atoms with van der Waals surface area (Å²) in [6.45, 7) is 6.63. The monoisotopic (exact) mass is 222 g/mol. The second-order valence-electron chi connectivity index (χ2n) is 4.74. The van der Waals surface area contributed by atoms with Crippen molar-refractivity contribution < 1.29 is 9.21 Å². The van der Waals surface area contributed by atoms with Gasteiger partial charge in [-0.3, -0.25) is 9.69 Å². The van der Waals surface area contributed by atoms with Gasteiger partial charge in [0.05, 0.1) is 12.0 Å². The summed E-state index contributed by atoms with van der Waals surface area (Å²) in [6.07, 6.45) is 2.67. The number of furan rings is 1. The Morgan fingerprint density at radius 3 is 3.06 bits per heavy atom. The maximum atomic E-state index is 11.5. The predicted molar refractivity (Wildman–Crippen MR) is 63.6 cm³/mol. The molecule has 2 heterocycles. The minimum absolute atomic E-state index is 0.0338. The quantitative estimate of drug-likeness (QED) is 0.836. The fourth-order valence-corrected chi connectivity index (χ4v) is 2.16. The lowest BCUT2D eigenvalue weighted by molar-refractivity contribution is -0.116. The van der Waals surface area contributed by atoms with E-state index in [0.29, 0.717) is 24.4 Å². The molecule has 0 aromatic carbocycles. The van der Waals surface area contributed by atoms with Gasteiger partial charge >= 0.3 is 0 Å². The fraction of sp³-hybridized carbons (Fsp3) is 0.583. The van der Waals surface area contributed by atoms with Gasteiger partial charge in [-0.25, -0.2) is 0 Å². The molecule has 1 atom stereocenters. The van der Waals surface area contributed by atoms with Crippen LogP contribution in [0.4, 0.5) is 11.6 Å². The van der Waals surface area contributed by atoms with Crippen molar-refractivity contribution in [3.05, 3.63) is 12.3 Å². The van der Waals surface area contributed by atoms with Crippen molar-refractivity contribution in [3.63, 3.8) is 0 Å². The third-order valence-electron chi connectivity index (χ3n) is 2.79. The average Bonchev–Trinajstić information content (AvgIpc) is 2.62. The predicted octanol–water partition coefficient (Wildman–Crippen LogP) is 2.47. The largest absolute Gasteiger partial charge is 0.446 e. The maximum absolute atomic E-state index is 11.5. The molecule has 1 N–H and O–H groups in total. The average molecular weight is 222 g/mol. The van der Waals surface area contributed by atoms with Gasteiger partial charge in [0, 0.05) is 25.6 Å². The van der Waals surface area contributed by atoms with Gasteiger partial charge in [0.2, 0.25) is 11.8 Å². The highest BCUT2D eigenvalue weighted by Gasteiger charge is 2.28. The highest BCUT2D eigenvalue weighted by Crippen LogP contribution is 2.33. The number of carbonyl (C=O) groups excluding carboxylic acids is 1. The minimum atomic E-state index is 0.0338. The van der Waals surface area contributed by atoms with E-state index in [2.05, 4.69) is 19.2 Å². The van der Waals surface area contributed by atoms with Crippen LogP contribution in [0.3, 0.4) is 0 Å². The van der Waals surface area contributed by atoms with Crippen LogP contribution in [0.25, 0.3) is 0 Å². The van der Waals surface area contributed by atoms with Crippen LogP contribution in [-0.2, 0) is 4.79 Å². The Morgan fingerprint density at radius 1 is 1.69 bits per heavy atom. The van der Waals surface area contributed by atoms with E-state index in [4.69, 9.17) is 4.42 Å². The van der Waals surface area contributed by atoms with Gasteiger partial charge in [0.25, 0.3) is 0 Å². The highest BCUT2D eigenvalue weighted by atomic mass is 16.3. The van der Waals surface area contributed by atoms with Crippen LogP contribution in [0.1, 0.15) is 27.2 Å². The van der Waals surface area contributed by atoms with E-state index in [1.165, 1.54) is 0 Å². The number of nitrogens with one attached hydrogen (secondary N) is 1. The third kappa shape index (κ3) is 2.05. The minimum Gasteiger partial charge on any atom is -0.446 e. The van der Waals surface area contributed by atoms with Crippen LogP contribution in [0.15, 0.2) is 16.7 Å². The van der Waals surface area contributed by atoms with Crippen LogP contribution in [0.5, 0.6) is 0 Å². The smallest absolute Gasteiger partial charge is 0.226 e. The Hall–Kier alpha value is -1.45. The van der Waals surface area contributed by atoms with Crippen LogP contribution in [0.2, 0.25) is 0 Å². The summed E-state index contributed by atoms with van der Waals surface area (Å²) < 4.78 is 5.33. The van der Waals surface area contributed by atoms with Crippen molar-refractivity contribution >= 4 is 17.5 Å². The summed E-state index contributed by atoms with van der Waals surface area (Å²) in [4.78, 5) is 13.2. The van der Waals surface area contributed by atoms with Crippen molar-refractivity contribution in [1.29, 1.82) is 0 Å². The molecule has 0 radical (unpaired) electrons. The zero-order valence-corrected chi connectivity index (χ0v) is 9.99. The Morgan fingerprint density at radius 2 is 2.44 bits per heavy atom. The van der Waals surface area contributed by atoms with Crippen LogP contribution < -0.4 is 10.2 Å². The van der Waals surface area contributed by atoms with E-state index in [0.717, 1.165) is 12.1 Å². The van der Waals surface area contributed by atoms with E-state index in [1.54, 1.807) is 18.1 Å². The molecule has 0 fully saturated rings. The van der Waals surface area contributed by atoms with Gasteiger partial charge in [-0.15, -0.1) is 0 Å².